The minimum Gasteiger partial charge on any atom is -0.382 e. The molecule has 6 nitrogen and oxygen atoms in total. The van der Waals surface area contributed by atoms with E-state index in [0.717, 1.165) is 36.0 Å². The molecule has 1 amide bonds. The Morgan fingerprint density at radius 1 is 1.33 bits per heavy atom. The zero-order valence-corrected chi connectivity index (χ0v) is 14.8. The molecular weight excluding hydrogens is 353 g/mol. The molecule has 1 aliphatic rings. The van der Waals surface area contributed by atoms with E-state index >= 15 is 0 Å². The predicted octanol–water partition coefficient (Wildman–Crippen LogP) is 2.03. The van der Waals surface area contributed by atoms with E-state index in [2.05, 4.69) is 11.0 Å². The number of thioether (sulfide) groups is 1. The van der Waals surface area contributed by atoms with Gasteiger partial charge in [-0.05, 0) is 36.0 Å². The third-order valence-corrected chi connectivity index (χ3v) is 5.28. The van der Waals surface area contributed by atoms with Crippen molar-refractivity contribution in [2.45, 2.75) is 4.90 Å². The van der Waals surface area contributed by atoms with Gasteiger partial charge in [0.25, 0.3) is 15.9 Å². The number of sulfonamides is 1. The van der Waals surface area contributed by atoms with Crippen LogP contribution in [0.4, 0.5) is 4.39 Å². The first-order chi connectivity index (χ1) is 11.2. The van der Waals surface area contributed by atoms with Crippen LogP contribution in [0.25, 0.3) is 0 Å². The van der Waals surface area contributed by atoms with Gasteiger partial charge in [-0.25, -0.2) is 4.39 Å². The molecule has 1 heterocycles. The summed E-state index contributed by atoms with van der Waals surface area (Å²) in [4.78, 5) is 15.5. The van der Waals surface area contributed by atoms with Crippen LogP contribution in [-0.4, -0.2) is 49.9 Å². The third kappa shape index (κ3) is 4.04. The zero-order chi connectivity index (χ0) is 17.9. The minimum atomic E-state index is -4.06. The molecule has 0 aromatic heterocycles. The van der Waals surface area contributed by atoms with E-state index < -0.39 is 15.8 Å². The van der Waals surface area contributed by atoms with E-state index in [9.17, 15) is 17.6 Å². The molecule has 1 saturated heterocycles. The summed E-state index contributed by atoms with van der Waals surface area (Å²) < 4.78 is 41.4. The van der Waals surface area contributed by atoms with Gasteiger partial charge in [0.2, 0.25) is 0 Å². The maximum Gasteiger partial charge on any atom is 0.284 e. The van der Waals surface area contributed by atoms with Crippen LogP contribution in [-0.2, 0) is 14.8 Å². The van der Waals surface area contributed by atoms with Gasteiger partial charge < -0.3 is 4.90 Å². The van der Waals surface area contributed by atoms with Crippen molar-refractivity contribution in [3.63, 3.8) is 0 Å². The monoisotopic (exact) mass is 369 g/mol. The van der Waals surface area contributed by atoms with E-state index in [-0.39, 0.29) is 22.5 Å². The van der Waals surface area contributed by atoms with Gasteiger partial charge in [-0.2, -0.15) is 8.42 Å². The first-order valence-electron chi connectivity index (χ1n) is 6.84. The molecule has 0 radical (unpaired) electrons. The van der Waals surface area contributed by atoms with Crippen LogP contribution in [0.5, 0.6) is 0 Å². The SMILES string of the molecule is C=CCN1C(=O)/C(=C\N(C)C)S/C1=N/S(=O)(=O)c1ccc(F)cc1. The lowest BCUT2D eigenvalue weighted by Crippen LogP contribution is -2.30. The van der Waals surface area contributed by atoms with Gasteiger partial charge in [0, 0.05) is 26.8 Å². The molecule has 0 aliphatic carbocycles. The van der Waals surface area contributed by atoms with Crippen molar-refractivity contribution in [2.75, 3.05) is 20.6 Å². The summed E-state index contributed by atoms with van der Waals surface area (Å²) in [6.45, 7) is 3.70. The van der Waals surface area contributed by atoms with Crippen LogP contribution >= 0.6 is 11.8 Å². The average Bonchev–Trinajstić information content (AvgIpc) is 2.75. The van der Waals surface area contributed by atoms with Crippen LogP contribution in [0.1, 0.15) is 0 Å². The molecule has 0 spiro atoms. The van der Waals surface area contributed by atoms with Crippen LogP contribution in [0, 0.1) is 5.82 Å². The Labute approximate surface area is 144 Å². The normalized spacial score (nSPS) is 18.5. The maximum atomic E-state index is 13.0. The van der Waals surface area contributed by atoms with Crippen molar-refractivity contribution in [1.29, 1.82) is 0 Å². The third-order valence-electron chi connectivity index (χ3n) is 2.88. The van der Waals surface area contributed by atoms with Crippen molar-refractivity contribution in [3.8, 4) is 0 Å². The topological polar surface area (TPSA) is 70.1 Å². The molecule has 1 aromatic carbocycles. The van der Waals surface area contributed by atoms with Crippen molar-refractivity contribution in [1.82, 2.24) is 9.80 Å². The Morgan fingerprint density at radius 3 is 2.50 bits per heavy atom. The Kier molecular flexibility index (Phi) is 5.45. The second kappa shape index (κ2) is 7.18. The summed E-state index contributed by atoms with van der Waals surface area (Å²) in [5.41, 5.74) is 0. The van der Waals surface area contributed by atoms with Crippen LogP contribution in [0.15, 0.2) is 57.3 Å². The highest BCUT2D eigenvalue weighted by Crippen LogP contribution is 2.32. The number of amidine groups is 1. The fourth-order valence-electron chi connectivity index (χ4n) is 1.85. The van der Waals surface area contributed by atoms with Crippen LogP contribution in [0.2, 0.25) is 0 Å². The van der Waals surface area contributed by atoms with E-state index in [1.165, 1.54) is 11.0 Å². The average molecular weight is 369 g/mol. The maximum absolute atomic E-state index is 13.0. The molecule has 0 N–H and O–H groups in total. The predicted molar refractivity (Wildman–Crippen MR) is 92.3 cm³/mol. The Bertz CT molecular complexity index is 815. The molecule has 1 aromatic rings. The second-order valence-corrected chi connectivity index (χ2v) is 7.68. The molecular formula is C15H16FN3O3S2. The molecule has 1 aliphatic heterocycles. The standard InChI is InChI=1S/C15H16FN3O3S2/c1-4-9-19-14(20)13(10-18(2)3)23-15(19)17-24(21,22)12-7-5-11(16)6-8-12/h4-8,10H,1,9H2,2-3H3/b13-10+,17-15+. The van der Waals surface area contributed by atoms with Crippen molar-refractivity contribution >= 4 is 32.9 Å². The van der Waals surface area contributed by atoms with Gasteiger partial charge in [-0.15, -0.1) is 11.0 Å². The highest BCUT2D eigenvalue weighted by atomic mass is 32.2. The molecule has 24 heavy (non-hydrogen) atoms. The zero-order valence-electron chi connectivity index (χ0n) is 13.1. The van der Waals surface area contributed by atoms with Crippen LogP contribution in [0.3, 0.4) is 0 Å². The molecule has 128 valence electrons. The second-order valence-electron chi connectivity index (χ2n) is 5.07. The Morgan fingerprint density at radius 2 is 1.96 bits per heavy atom. The lowest BCUT2D eigenvalue weighted by Gasteiger charge is -2.12. The van der Waals surface area contributed by atoms with Gasteiger partial charge in [0.1, 0.15) is 5.82 Å². The lowest BCUT2D eigenvalue weighted by atomic mass is 10.4. The van der Waals surface area contributed by atoms with Crippen molar-refractivity contribution in [2.24, 2.45) is 4.40 Å². The number of carbonyl (C=O) groups is 1. The largest absolute Gasteiger partial charge is 0.382 e. The smallest absolute Gasteiger partial charge is 0.284 e. The number of carbonyl (C=O) groups excluding carboxylic acids is 1. The van der Waals surface area contributed by atoms with Crippen LogP contribution < -0.4 is 0 Å². The highest BCUT2D eigenvalue weighted by molar-refractivity contribution is 8.19. The number of hydrogen-bond acceptors (Lipinski definition) is 5. The number of rotatable bonds is 5. The number of nitrogens with zero attached hydrogens (tertiary/aromatic N) is 3. The highest BCUT2D eigenvalue weighted by Gasteiger charge is 2.34. The van der Waals surface area contributed by atoms with Gasteiger partial charge in [0.15, 0.2) is 5.17 Å². The fourth-order valence-corrected chi connectivity index (χ4v) is 4.11. The fraction of sp³-hybridized carbons (Fsp3) is 0.200. The molecule has 1 fully saturated rings. The molecule has 0 unspecified atom stereocenters. The van der Waals surface area contributed by atoms with E-state index in [1.54, 1.807) is 25.2 Å². The van der Waals surface area contributed by atoms with E-state index in [0.29, 0.717) is 4.91 Å². The minimum absolute atomic E-state index is 0.0392. The molecule has 2 rings (SSSR count). The Balaban J connectivity index is 2.43. The van der Waals surface area contributed by atoms with Crippen molar-refractivity contribution in [3.05, 3.63) is 53.8 Å². The van der Waals surface area contributed by atoms with Gasteiger partial charge in [0.05, 0.1) is 9.80 Å². The number of hydrogen-bond donors (Lipinski definition) is 0. The summed E-state index contributed by atoms with van der Waals surface area (Å²) in [5, 5.41) is 0.0392. The molecule has 0 saturated carbocycles. The molecule has 9 heteroatoms. The first kappa shape index (κ1) is 18.2. The summed E-state index contributed by atoms with van der Waals surface area (Å²) >= 11 is 0.965. The first-order valence-corrected chi connectivity index (χ1v) is 9.09. The quantitative estimate of drug-likeness (QED) is 0.587. The van der Waals surface area contributed by atoms with E-state index in [1.807, 2.05) is 0 Å². The molecule has 0 bridgehead atoms. The van der Waals surface area contributed by atoms with Gasteiger partial charge >= 0.3 is 0 Å². The van der Waals surface area contributed by atoms with Gasteiger partial charge in [-0.1, -0.05) is 6.08 Å². The van der Waals surface area contributed by atoms with E-state index in [4.69, 9.17) is 0 Å². The lowest BCUT2D eigenvalue weighted by molar-refractivity contribution is -0.121. The number of halogens is 1. The van der Waals surface area contributed by atoms with Gasteiger partial charge in [-0.3, -0.25) is 9.69 Å². The summed E-state index contributed by atoms with van der Waals surface area (Å²) in [6.07, 6.45) is 3.08. The number of amides is 1. The number of benzene rings is 1. The summed E-state index contributed by atoms with van der Waals surface area (Å²) in [5.74, 6) is -0.891. The molecule has 0 atom stereocenters. The summed E-state index contributed by atoms with van der Waals surface area (Å²) in [6, 6.07) is 4.34. The summed E-state index contributed by atoms with van der Waals surface area (Å²) in [7, 11) is -0.549. The Hall–Kier alpha value is -2.13. The van der Waals surface area contributed by atoms with Crippen molar-refractivity contribution < 1.29 is 17.6 Å².